The lowest BCUT2D eigenvalue weighted by molar-refractivity contribution is 0.0997. The van der Waals surface area contributed by atoms with E-state index in [0.717, 1.165) is 11.3 Å². The van der Waals surface area contributed by atoms with Crippen LogP contribution in [0.1, 0.15) is 15.9 Å². The third kappa shape index (κ3) is 2.00. The number of hydrogen-bond acceptors (Lipinski definition) is 4. The van der Waals surface area contributed by atoms with Crippen LogP contribution in [0, 0.1) is 6.92 Å². The first-order valence-corrected chi connectivity index (χ1v) is 5.31. The van der Waals surface area contributed by atoms with E-state index in [0.29, 0.717) is 17.1 Å². The molecule has 1 heterocycles. The molecule has 0 aliphatic heterocycles. The smallest absolute Gasteiger partial charge is 0.252 e. The summed E-state index contributed by atoms with van der Waals surface area (Å²) in [7, 11) is 1.50. The number of aromatic nitrogens is 2. The van der Waals surface area contributed by atoms with E-state index >= 15 is 0 Å². The van der Waals surface area contributed by atoms with E-state index in [-0.39, 0.29) is 0 Å². The lowest BCUT2D eigenvalue weighted by atomic mass is 10.1. The number of aryl methyl sites for hydroxylation is 1. The predicted octanol–water partition coefficient (Wildman–Crippen LogP) is 0.870. The van der Waals surface area contributed by atoms with Crippen LogP contribution < -0.4 is 16.2 Å². The lowest BCUT2D eigenvalue weighted by Crippen LogP contribution is -2.14. The van der Waals surface area contributed by atoms with Crippen molar-refractivity contribution >= 4 is 11.7 Å². The highest BCUT2D eigenvalue weighted by atomic mass is 16.5. The van der Waals surface area contributed by atoms with Gasteiger partial charge in [0.15, 0.2) is 0 Å². The Bertz CT molecular complexity index is 604. The van der Waals surface area contributed by atoms with Gasteiger partial charge in [0, 0.05) is 5.69 Å². The van der Waals surface area contributed by atoms with E-state index in [2.05, 4.69) is 4.98 Å². The van der Waals surface area contributed by atoms with Gasteiger partial charge in [-0.15, -0.1) is 0 Å². The van der Waals surface area contributed by atoms with E-state index in [1.165, 1.54) is 7.11 Å². The number of rotatable bonds is 3. The van der Waals surface area contributed by atoms with Crippen molar-refractivity contribution in [3.63, 3.8) is 0 Å². The number of anilines is 1. The van der Waals surface area contributed by atoms with Crippen molar-refractivity contribution < 1.29 is 9.53 Å². The van der Waals surface area contributed by atoms with Gasteiger partial charge < -0.3 is 20.8 Å². The summed E-state index contributed by atoms with van der Waals surface area (Å²) in [4.78, 5) is 15.3. The summed E-state index contributed by atoms with van der Waals surface area (Å²) in [5, 5.41) is 0. The first kappa shape index (κ1) is 12.0. The van der Waals surface area contributed by atoms with Gasteiger partial charge in [0.25, 0.3) is 5.91 Å². The maximum atomic E-state index is 11.4. The molecule has 0 fully saturated rings. The molecule has 1 amide bonds. The van der Waals surface area contributed by atoms with Gasteiger partial charge in [0.2, 0.25) is 0 Å². The van der Waals surface area contributed by atoms with Gasteiger partial charge in [-0.05, 0) is 24.6 Å². The number of imidazole rings is 1. The number of carbonyl (C=O) groups is 1. The highest BCUT2D eigenvalue weighted by molar-refractivity contribution is 5.96. The van der Waals surface area contributed by atoms with E-state index in [4.69, 9.17) is 16.2 Å². The number of nitrogens with two attached hydrogens (primary N) is 2. The Labute approximate surface area is 104 Å². The van der Waals surface area contributed by atoms with Crippen LogP contribution in [0.5, 0.6) is 5.75 Å². The van der Waals surface area contributed by atoms with E-state index in [1.807, 2.05) is 13.0 Å². The zero-order valence-electron chi connectivity index (χ0n) is 10.2. The molecule has 0 aliphatic rings. The molecule has 2 rings (SSSR count). The normalized spacial score (nSPS) is 10.3. The fraction of sp³-hybridized carbons (Fsp3) is 0.167. The van der Waals surface area contributed by atoms with Gasteiger partial charge in [-0.1, -0.05) is 0 Å². The van der Waals surface area contributed by atoms with Gasteiger partial charge in [0.1, 0.15) is 17.9 Å². The molecule has 0 unspecified atom stereocenters. The molecular weight excluding hydrogens is 232 g/mol. The fourth-order valence-corrected chi connectivity index (χ4v) is 1.84. The lowest BCUT2D eigenvalue weighted by Gasteiger charge is -2.12. The SMILES string of the molecule is COc1c(C)cc(-n2cnc(N)c2)cc1C(N)=O. The van der Waals surface area contributed by atoms with Crippen molar-refractivity contribution in [1.82, 2.24) is 9.55 Å². The number of primary amides is 1. The van der Waals surface area contributed by atoms with Crippen LogP contribution in [-0.4, -0.2) is 22.6 Å². The van der Waals surface area contributed by atoms with E-state index < -0.39 is 5.91 Å². The summed E-state index contributed by atoms with van der Waals surface area (Å²) in [6, 6.07) is 3.52. The van der Waals surface area contributed by atoms with Crippen LogP contribution >= 0.6 is 0 Å². The van der Waals surface area contributed by atoms with Crippen LogP contribution in [0.15, 0.2) is 24.7 Å². The Hall–Kier alpha value is -2.50. The number of nitrogen functional groups attached to an aromatic ring is 1. The summed E-state index contributed by atoms with van der Waals surface area (Å²) in [5.74, 6) is 0.355. The number of benzene rings is 1. The molecule has 0 radical (unpaired) electrons. The second kappa shape index (κ2) is 4.40. The Kier molecular flexibility index (Phi) is 2.93. The van der Waals surface area contributed by atoms with Gasteiger partial charge in [0.05, 0.1) is 18.9 Å². The molecule has 6 heteroatoms. The molecule has 0 saturated carbocycles. The van der Waals surface area contributed by atoms with E-state index in [9.17, 15) is 4.79 Å². The molecule has 94 valence electrons. The molecule has 18 heavy (non-hydrogen) atoms. The molecule has 0 spiro atoms. The van der Waals surface area contributed by atoms with Crippen molar-refractivity contribution in [2.45, 2.75) is 6.92 Å². The molecule has 0 aliphatic carbocycles. The first-order chi connectivity index (χ1) is 8.52. The third-order valence-electron chi connectivity index (χ3n) is 2.63. The monoisotopic (exact) mass is 246 g/mol. The fourth-order valence-electron chi connectivity index (χ4n) is 1.84. The van der Waals surface area contributed by atoms with Crippen molar-refractivity contribution in [3.05, 3.63) is 35.8 Å². The number of methoxy groups -OCH3 is 1. The Balaban J connectivity index is 2.61. The maximum Gasteiger partial charge on any atom is 0.252 e. The van der Waals surface area contributed by atoms with Crippen LogP contribution in [0.2, 0.25) is 0 Å². The number of nitrogens with zero attached hydrogens (tertiary/aromatic N) is 2. The molecular formula is C12H14N4O2. The molecule has 0 saturated heterocycles. The molecule has 6 nitrogen and oxygen atoms in total. The average molecular weight is 246 g/mol. The van der Waals surface area contributed by atoms with Crippen molar-refractivity contribution in [3.8, 4) is 11.4 Å². The maximum absolute atomic E-state index is 11.4. The van der Waals surface area contributed by atoms with Crippen molar-refractivity contribution in [2.24, 2.45) is 5.73 Å². The standard InChI is InChI=1S/C12H14N4O2/c1-7-3-8(16-5-10(13)15-6-16)4-9(12(14)17)11(7)18-2/h3-6H,13H2,1-2H3,(H2,14,17). The molecule has 2 aromatic rings. The summed E-state index contributed by atoms with van der Waals surface area (Å²) in [5.41, 5.74) is 12.8. The van der Waals surface area contributed by atoms with Gasteiger partial charge >= 0.3 is 0 Å². The minimum atomic E-state index is -0.537. The highest BCUT2D eigenvalue weighted by Crippen LogP contribution is 2.26. The highest BCUT2D eigenvalue weighted by Gasteiger charge is 2.14. The minimum Gasteiger partial charge on any atom is -0.496 e. The third-order valence-corrected chi connectivity index (χ3v) is 2.63. The second-order valence-corrected chi connectivity index (χ2v) is 3.91. The second-order valence-electron chi connectivity index (χ2n) is 3.91. The minimum absolute atomic E-state index is 0.333. The zero-order valence-corrected chi connectivity index (χ0v) is 10.2. The molecule has 0 atom stereocenters. The predicted molar refractivity (Wildman–Crippen MR) is 67.8 cm³/mol. The Morgan fingerprint density at radius 2 is 2.17 bits per heavy atom. The number of ether oxygens (including phenoxy) is 1. The summed E-state index contributed by atoms with van der Waals surface area (Å²) in [6.07, 6.45) is 3.23. The zero-order chi connectivity index (χ0) is 13.3. The van der Waals surface area contributed by atoms with Gasteiger partial charge in [-0.25, -0.2) is 4.98 Å². The molecule has 1 aromatic carbocycles. The number of carbonyl (C=O) groups excluding carboxylic acids is 1. The summed E-state index contributed by atoms with van der Waals surface area (Å²) >= 11 is 0. The quantitative estimate of drug-likeness (QED) is 0.839. The van der Waals surface area contributed by atoms with E-state index in [1.54, 1.807) is 23.2 Å². The summed E-state index contributed by atoms with van der Waals surface area (Å²) in [6.45, 7) is 1.84. The summed E-state index contributed by atoms with van der Waals surface area (Å²) < 4.78 is 6.90. The van der Waals surface area contributed by atoms with Crippen LogP contribution in [0.4, 0.5) is 5.82 Å². The number of amides is 1. The van der Waals surface area contributed by atoms with Crippen LogP contribution in [0.3, 0.4) is 0 Å². The Morgan fingerprint density at radius 1 is 1.44 bits per heavy atom. The topological polar surface area (TPSA) is 96.2 Å². The van der Waals surface area contributed by atoms with Crippen LogP contribution in [0.25, 0.3) is 5.69 Å². The number of hydrogen-bond donors (Lipinski definition) is 2. The van der Waals surface area contributed by atoms with Gasteiger partial charge in [-0.3, -0.25) is 4.79 Å². The van der Waals surface area contributed by atoms with Gasteiger partial charge in [-0.2, -0.15) is 0 Å². The molecule has 4 N–H and O–H groups in total. The van der Waals surface area contributed by atoms with Crippen LogP contribution in [-0.2, 0) is 0 Å². The largest absolute Gasteiger partial charge is 0.496 e. The van der Waals surface area contributed by atoms with Crippen molar-refractivity contribution in [2.75, 3.05) is 12.8 Å². The molecule has 0 bridgehead atoms. The molecule has 1 aromatic heterocycles. The Morgan fingerprint density at radius 3 is 2.67 bits per heavy atom. The average Bonchev–Trinajstić information content (AvgIpc) is 2.74. The van der Waals surface area contributed by atoms with Crippen molar-refractivity contribution in [1.29, 1.82) is 0 Å². The first-order valence-electron chi connectivity index (χ1n) is 5.31.